The van der Waals surface area contributed by atoms with E-state index in [1.165, 1.54) is 11.3 Å². The molecular weight excluding hydrogens is 414 g/mol. The fraction of sp³-hybridized carbons (Fsp3) is 0.250. The molecule has 1 unspecified atom stereocenters. The number of aryl methyl sites for hydroxylation is 1. The van der Waals surface area contributed by atoms with Crippen LogP contribution in [0.25, 0.3) is 10.2 Å². The normalized spacial score (nSPS) is 11.9. The Hall–Kier alpha value is -2.22. The predicted octanol–water partition coefficient (Wildman–Crippen LogP) is 5.56. The number of hydrogen-bond acceptors (Lipinski definition) is 5. The van der Waals surface area contributed by atoms with Gasteiger partial charge in [0, 0.05) is 10.6 Å². The number of carbonyl (C=O) groups is 1. The first-order chi connectivity index (χ1) is 13.4. The predicted molar refractivity (Wildman–Crippen MR) is 120 cm³/mol. The molecule has 146 valence electrons. The highest BCUT2D eigenvalue weighted by molar-refractivity contribution is 7.80. The van der Waals surface area contributed by atoms with Crippen LogP contribution in [-0.4, -0.2) is 22.1 Å². The van der Waals surface area contributed by atoms with Crippen LogP contribution in [0.1, 0.15) is 36.2 Å². The number of thiocarbonyl (C=S) groups is 1. The molecule has 1 heterocycles. The zero-order valence-corrected chi connectivity index (χ0v) is 18.1. The summed E-state index contributed by atoms with van der Waals surface area (Å²) in [5.41, 5.74) is 2.24. The van der Waals surface area contributed by atoms with Crippen molar-refractivity contribution < 1.29 is 9.53 Å². The van der Waals surface area contributed by atoms with E-state index >= 15 is 0 Å². The molecular formula is C20H20ClN3O2S2. The summed E-state index contributed by atoms with van der Waals surface area (Å²) in [4.78, 5) is 16.9. The Kier molecular flexibility index (Phi) is 6.49. The third-order valence-electron chi connectivity index (χ3n) is 4.12. The molecule has 2 aromatic carbocycles. The number of benzene rings is 2. The Balaban J connectivity index is 1.66. The van der Waals surface area contributed by atoms with Gasteiger partial charge in [-0.2, -0.15) is 0 Å². The number of fused-ring (bicyclic) bond motifs is 1. The van der Waals surface area contributed by atoms with E-state index in [1.54, 1.807) is 18.2 Å². The van der Waals surface area contributed by atoms with Crippen molar-refractivity contribution in [1.29, 1.82) is 0 Å². The van der Waals surface area contributed by atoms with Crippen LogP contribution in [0.5, 0.6) is 5.75 Å². The topological polar surface area (TPSA) is 63.2 Å². The van der Waals surface area contributed by atoms with Gasteiger partial charge < -0.3 is 10.1 Å². The lowest BCUT2D eigenvalue weighted by atomic mass is 10.2. The summed E-state index contributed by atoms with van der Waals surface area (Å²) >= 11 is 12.8. The quantitative estimate of drug-likeness (QED) is 0.515. The summed E-state index contributed by atoms with van der Waals surface area (Å²) in [5, 5.41) is 7.07. The number of carbonyl (C=O) groups excluding carboxylic acids is 1. The van der Waals surface area contributed by atoms with Crippen molar-refractivity contribution in [3.63, 3.8) is 0 Å². The molecule has 1 amide bonds. The molecule has 3 rings (SSSR count). The number of halogens is 1. The molecule has 0 aliphatic carbocycles. The average molecular weight is 434 g/mol. The first-order valence-corrected chi connectivity index (χ1v) is 10.4. The molecule has 3 aromatic rings. The van der Waals surface area contributed by atoms with Crippen LogP contribution in [-0.2, 0) is 0 Å². The fourth-order valence-corrected chi connectivity index (χ4v) is 3.80. The molecule has 0 saturated heterocycles. The van der Waals surface area contributed by atoms with E-state index in [9.17, 15) is 4.79 Å². The van der Waals surface area contributed by atoms with Crippen molar-refractivity contribution in [1.82, 2.24) is 10.3 Å². The average Bonchev–Trinajstić information content (AvgIpc) is 3.02. The smallest absolute Gasteiger partial charge is 0.257 e. The monoisotopic (exact) mass is 433 g/mol. The maximum absolute atomic E-state index is 12.5. The van der Waals surface area contributed by atoms with Gasteiger partial charge >= 0.3 is 0 Å². The van der Waals surface area contributed by atoms with E-state index in [2.05, 4.69) is 15.6 Å². The van der Waals surface area contributed by atoms with Gasteiger partial charge in [0.2, 0.25) is 0 Å². The van der Waals surface area contributed by atoms with Crippen molar-refractivity contribution in [2.75, 3.05) is 5.32 Å². The number of nitrogens with zero attached hydrogens (tertiary/aromatic N) is 1. The summed E-state index contributed by atoms with van der Waals surface area (Å²) in [5.74, 6) is 0.339. The molecule has 0 fully saturated rings. The standard InChI is InChI=1S/C20H20ClN3O2S2/c1-4-12(3)26-14-7-5-6-13(9-14)18(25)23-19(27)24-20-22-16-10-15(21)11(2)8-17(16)28-20/h5-10,12H,4H2,1-3H3,(H2,22,23,24,25,27). The zero-order valence-electron chi connectivity index (χ0n) is 15.7. The number of anilines is 1. The minimum Gasteiger partial charge on any atom is -0.491 e. The van der Waals surface area contributed by atoms with Gasteiger partial charge in [-0.15, -0.1) is 0 Å². The molecule has 0 aliphatic rings. The van der Waals surface area contributed by atoms with Crippen LogP contribution in [0.3, 0.4) is 0 Å². The third-order valence-corrected chi connectivity index (χ3v) is 5.67. The second kappa shape index (κ2) is 8.86. The van der Waals surface area contributed by atoms with E-state index in [4.69, 9.17) is 28.6 Å². The Morgan fingerprint density at radius 1 is 1.36 bits per heavy atom. The number of rotatable bonds is 5. The van der Waals surface area contributed by atoms with Gasteiger partial charge in [-0.25, -0.2) is 4.98 Å². The Bertz CT molecular complexity index is 996. The van der Waals surface area contributed by atoms with E-state index in [0.29, 0.717) is 21.5 Å². The molecule has 1 aromatic heterocycles. The minimum atomic E-state index is -0.313. The Morgan fingerprint density at radius 3 is 2.89 bits per heavy atom. The van der Waals surface area contributed by atoms with E-state index in [0.717, 1.165) is 22.2 Å². The second-order valence-electron chi connectivity index (χ2n) is 6.36. The largest absolute Gasteiger partial charge is 0.491 e. The van der Waals surface area contributed by atoms with Crippen LogP contribution in [0.15, 0.2) is 36.4 Å². The van der Waals surface area contributed by atoms with Crippen molar-refractivity contribution >= 4 is 61.5 Å². The molecule has 0 saturated carbocycles. The van der Waals surface area contributed by atoms with Gasteiger partial charge in [-0.3, -0.25) is 10.1 Å². The van der Waals surface area contributed by atoms with E-state index in [1.807, 2.05) is 39.0 Å². The first kappa shape index (κ1) is 20.5. The van der Waals surface area contributed by atoms with Crippen molar-refractivity contribution in [2.24, 2.45) is 0 Å². The highest BCUT2D eigenvalue weighted by atomic mass is 35.5. The third kappa shape index (κ3) is 4.98. The van der Waals surface area contributed by atoms with Gasteiger partial charge in [0.15, 0.2) is 10.2 Å². The van der Waals surface area contributed by atoms with Crippen LogP contribution in [0.4, 0.5) is 5.13 Å². The molecule has 0 spiro atoms. The number of hydrogen-bond donors (Lipinski definition) is 2. The summed E-state index contributed by atoms with van der Waals surface area (Å²) in [6.45, 7) is 5.97. The molecule has 2 N–H and O–H groups in total. The summed E-state index contributed by atoms with van der Waals surface area (Å²) in [6.07, 6.45) is 0.967. The zero-order chi connectivity index (χ0) is 20.3. The molecule has 0 bridgehead atoms. The van der Waals surface area contributed by atoms with E-state index in [-0.39, 0.29) is 17.1 Å². The highest BCUT2D eigenvalue weighted by Gasteiger charge is 2.12. The number of aromatic nitrogens is 1. The number of amides is 1. The van der Waals surface area contributed by atoms with Crippen molar-refractivity contribution in [3.05, 3.63) is 52.5 Å². The van der Waals surface area contributed by atoms with Gasteiger partial charge in [0.05, 0.1) is 16.3 Å². The van der Waals surface area contributed by atoms with Gasteiger partial charge in [0.25, 0.3) is 5.91 Å². The van der Waals surface area contributed by atoms with Crippen LogP contribution in [0.2, 0.25) is 5.02 Å². The molecule has 8 heteroatoms. The second-order valence-corrected chi connectivity index (χ2v) is 8.21. The molecule has 0 aliphatic heterocycles. The molecule has 28 heavy (non-hydrogen) atoms. The lowest BCUT2D eigenvalue weighted by molar-refractivity contribution is 0.0977. The lowest BCUT2D eigenvalue weighted by Crippen LogP contribution is -2.34. The number of thiazole rings is 1. The van der Waals surface area contributed by atoms with Gasteiger partial charge in [-0.05, 0) is 68.4 Å². The van der Waals surface area contributed by atoms with Crippen LogP contribution in [0, 0.1) is 6.92 Å². The van der Waals surface area contributed by atoms with Crippen molar-refractivity contribution in [3.8, 4) is 5.75 Å². The van der Waals surface area contributed by atoms with Gasteiger partial charge in [0.1, 0.15) is 5.75 Å². The number of ether oxygens (including phenoxy) is 1. The summed E-state index contributed by atoms with van der Waals surface area (Å²) in [6, 6.07) is 10.8. The minimum absolute atomic E-state index is 0.0808. The highest BCUT2D eigenvalue weighted by Crippen LogP contribution is 2.30. The molecule has 0 radical (unpaired) electrons. The lowest BCUT2D eigenvalue weighted by Gasteiger charge is -2.13. The summed E-state index contributed by atoms with van der Waals surface area (Å²) in [7, 11) is 0. The van der Waals surface area contributed by atoms with E-state index < -0.39 is 0 Å². The van der Waals surface area contributed by atoms with Crippen LogP contribution < -0.4 is 15.4 Å². The Morgan fingerprint density at radius 2 is 2.14 bits per heavy atom. The summed E-state index contributed by atoms with van der Waals surface area (Å²) < 4.78 is 6.75. The maximum atomic E-state index is 12.5. The number of nitrogens with one attached hydrogen (secondary N) is 2. The maximum Gasteiger partial charge on any atom is 0.257 e. The molecule has 5 nitrogen and oxygen atoms in total. The van der Waals surface area contributed by atoms with Gasteiger partial charge in [-0.1, -0.05) is 35.9 Å². The first-order valence-electron chi connectivity index (χ1n) is 8.81. The molecule has 1 atom stereocenters. The van der Waals surface area contributed by atoms with Crippen LogP contribution >= 0.6 is 35.2 Å². The van der Waals surface area contributed by atoms with Crippen molar-refractivity contribution in [2.45, 2.75) is 33.3 Å². The fourth-order valence-electron chi connectivity index (χ4n) is 2.43. The SMILES string of the molecule is CCC(C)Oc1cccc(C(=O)NC(=S)Nc2nc3cc(Cl)c(C)cc3s2)c1. The Labute approximate surface area is 178 Å².